The van der Waals surface area contributed by atoms with E-state index in [0.29, 0.717) is 5.92 Å². The van der Waals surface area contributed by atoms with E-state index in [0.717, 1.165) is 55.1 Å². The average molecular weight is 300 g/mol. The topological polar surface area (TPSA) is 59.1 Å². The number of piperidine rings is 1. The average Bonchev–Trinajstić information content (AvgIpc) is 2.58. The first-order valence-electron chi connectivity index (χ1n) is 8.19. The SMILES string of the molecule is CCCNc1ncnc2cc(OCC3CCNCC3)ccc12. The molecule has 0 aliphatic carbocycles. The van der Waals surface area contributed by atoms with E-state index in [1.165, 1.54) is 12.8 Å². The van der Waals surface area contributed by atoms with Crippen molar-refractivity contribution in [3.8, 4) is 5.75 Å². The molecule has 1 aliphatic heterocycles. The highest BCUT2D eigenvalue weighted by Gasteiger charge is 2.13. The van der Waals surface area contributed by atoms with E-state index < -0.39 is 0 Å². The third kappa shape index (κ3) is 3.65. The van der Waals surface area contributed by atoms with Crippen molar-refractivity contribution < 1.29 is 4.74 Å². The van der Waals surface area contributed by atoms with Crippen LogP contribution >= 0.6 is 0 Å². The van der Waals surface area contributed by atoms with Gasteiger partial charge in [0.2, 0.25) is 0 Å². The highest BCUT2D eigenvalue weighted by atomic mass is 16.5. The van der Waals surface area contributed by atoms with Crippen molar-refractivity contribution in [3.63, 3.8) is 0 Å². The van der Waals surface area contributed by atoms with E-state index >= 15 is 0 Å². The molecule has 0 bridgehead atoms. The smallest absolute Gasteiger partial charge is 0.137 e. The molecular weight excluding hydrogens is 276 g/mol. The van der Waals surface area contributed by atoms with Gasteiger partial charge in [0.25, 0.3) is 0 Å². The molecule has 2 aromatic rings. The normalized spacial score (nSPS) is 15.9. The lowest BCUT2D eigenvalue weighted by Gasteiger charge is -2.22. The van der Waals surface area contributed by atoms with Crippen LogP contribution in [0.1, 0.15) is 26.2 Å². The Bertz CT molecular complexity index is 611. The van der Waals surface area contributed by atoms with E-state index in [1.807, 2.05) is 18.2 Å². The Balaban J connectivity index is 1.69. The Morgan fingerprint density at radius 1 is 1.27 bits per heavy atom. The monoisotopic (exact) mass is 300 g/mol. The fourth-order valence-electron chi connectivity index (χ4n) is 2.77. The van der Waals surface area contributed by atoms with Crippen LogP contribution in [0, 0.1) is 5.92 Å². The molecule has 2 heterocycles. The number of anilines is 1. The summed E-state index contributed by atoms with van der Waals surface area (Å²) in [5, 5.41) is 7.77. The van der Waals surface area contributed by atoms with Gasteiger partial charge in [0.15, 0.2) is 0 Å². The summed E-state index contributed by atoms with van der Waals surface area (Å²) < 4.78 is 5.97. The maximum absolute atomic E-state index is 5.97. The fourth-order valence-corrected chi connectivity index (χ4v) is 2.77. The predicted molar refractivity (Wildman–Crippen MR) is 89.4 cm³/mol. The molecule has 5 nitrogen and oxygen atoms in total. The molecule has 1 aromatic carbocycles. The van der Waals surface area contributed by atoms with Crippen molar-refractivity contribution in [1.82, 2.24) is 15.3 Å². The van der Waals surface area contributed by atoms with Gasteiger partial charge in [0, 0.05) is 18.0 Å². The summed E-state index contributed by atoms with van der Waals surface area (Å²) in [7, 11) is 0. The lowest BCUT2D eigenvalue weighted by Crippen LogP contribution is -2.30. The van der Waals surface area contributed by atoms with Crippen LogP contribution in [0.4, 0.5) is 5.82 Å². The molecule has 0 saturated carbocycles. The Morgan fingerprint density at radius 2 is 2.14 bits per heavy atom. The molecule has 0 atom stereocenters. The largest absolute Gasteiger partial charge is 0.493 e. The maximum Gasteiger partial charge on any atom is 0.137 e. The molecule has 1 saturated heterocycles. The zero-order chi connectivity index (χ0) is 15.2. The van der Waals surface area contributed by atoms with Crippen LogP contribution in [-0.4, -0.2) is 36.2 Å². The summed E-state index contributed by atoms with van der Waals surface area (Å²) >= 11 is 0. The van der Waals surface area contributed by atoms with Crippen LogP contribution < -0.4 is 15.4 Å². The van der Waals surface area contributed by atoms with Gasteiger partial charge in [0.1, 0.15) is 17.9 Å². The van der Waals surface area contributed by atoms with E-state index in [-0.39, 0.29) is 0 Å². The van der Waals surface area contributed by atoms with Gasteiger partial charge in [-0.3, -0.25) is 0 Å². The first-order chi connectivity index (χ1) is 10.9. The number of nitrogens with zero attached hydrogens (tertiary/aromatic N) is 2. The van der Waals surface area contributed by atoms with Crippen molar-refractivity contribution in [3.05, 3.63) is 24.5 Å². The van der Waals surface area contributed by atoms with E-state index in [1.54, 1.807) is 6.33 Å². The molecule has 2 N–H and O–H groups in total. The summed E-state index contributed by atoms with van der Waals surface area (Å²) in [5.41, 5.74) is 0.927. The molecule has 1 fully saturated rings. The molecule has 0 spiro atoms. The van der Waals surface area contributed by atoms with Gasteiger partial charge < -0.3 is 15.4 Å². The number of ether oxygens (including phenoxy) is 1. The summed E-state index contributed by atoms with van der Waals surface area (Å²) in [6.45, 7) is 6.05. The summed E-state index contributed by atoms with van der Waals surface area (Å²) in [4.78, 5) is 8.69. The van der Waals surface area contributed by atoms with Crippen LogP contribution in [0.2, 0.25) is 0 Å². The lowest BCUT2D eigenvalue weighted by atomic mass is 9.99. The molecule has 3 rings (SSSR count). The molecule has 0 unspecified atom stereocenters. The fraction of sp³-hybridized carbons (Fsp3) is 0.529. The number of rotatable bonds is 6. The Hall–Kier alpha value is -1.88. The van der Waals surface area contributed by atoms with Gasteiger partial charge in [-0.1, -0.05) is 6.92 Å². The van der Waals surface area contributed by atoms with Crippen molar-refractivity contribution >= 4 is 16.7 Å². The third-order valence-electron chi connectivity index (χ3n) is 4.09. The number of benzene rings is 1. The summed E-state index contributed by atoms with van der Waals surface area (Å²) in [5.74, 6) is 2.45. The zero-order valence-corrected chi connectivity index (χ0v) is 13.1. The van der Waals surface area contributed by atoms with Crippen LogP contribution in [0.5, 0.6) is 5.75 Å². The van der Waals surface area contributed by atoms with E-state index in [9.17, 15) is 0 Å². The van der Waals surface area contributed by atoms with E-state index in [4.69, 9.17) is 4.74 Å². The number of fused-ring (bicyclic) bond motifs is 1. The first kappa shape index (κ1) is 15.0. The van der Waals surface area contributed by atoms with Gasteiger partial charge in [0.05, 0.1) is 12.1 Å². The predicted octanol–water partition coefficient (Wildman–Crippen LogP) is 2.83. The minimum atomic E-state index is 0.657. The minimum absolute atomic E-state index is 0.657. The van der Waals surface area contributed by atoms with Crippen molar-refractivity contribution in [2.45, 2.75) is 26.2 Å². The summed E-state index contributed by atoms with van der Waals surface area (Å²) in [6, 6.07) is 6.07. The van der Waals surface area contributed by atoms with Gasteiger partial charge >= 0.3 is 0 Å². The van der Waals surface area contributed by atoms with Gasteiger partial charge in [-0.05, 0) is 50.4 Å². The standard InChI is InChI=1S/C17H24N4O/c1-2-7-19-17-15-4-3-14(10-16(15)20-12-21-17)22-11-13-5-8-18-9-6-13/h3-4,10,12-13,18H,2,5-9,11H2,1H3,(H,19,20,21). The molecule has 22 heavy (non-hydrogen) atoms. The van der Waals surface area contributed by atoms with Gasteiger partial charge in [-0.15, -0.1) is 0 Å². The molecule has 0 amide bonds. The van der Waals surface area contributed by atoms with Crippen LogP contribution in [0.3, 0.4) is 0 Å². The number of hydrogen-bond acceptors (Lipinski definition) is 5. The lowest BCUT2D eigenvalue weighted by molar-refractivity contribution is 0.215. The van der Waals surface area contributed by atoms with Crippen LogP contribution in [0.25, 0.3) is 10.9 Å². The molecule has 1 aromatic heterocycles. The zero-order valence-electron chi connectivity index (χ0n) is 13.1. The maximum atomic E-state index is 5.97. The Kier molecular flexibility index (Phi) is 5.06. The Labute approximate surface area is 131 Å². The summed E-state index contributed by atoms with van der Waals surface area (Å²) in [6.07, 6.45) is 5.07. The highest BCUT2D eigenvalue weighted by Crippen LogP contribution is 2.24. The van der Waals surface area contributed by atoms with Crippen LogP contribution in [0.15, 0.2) is 24.5 Å². The van der Waals surface area contributed by atoms with Gasteiger partial charge in [-0.25, -0.2) is 9.97 Å². The quantitative estimate of drug-likeness (QED) is 0.859. The molecule has 1 aliphatic rings. The van der Waals surface area contributed by atoms with Crippen molar-refractivity contribution in [2.24, 2.45) is 5.92 Å². The minimum Gasteiger partial charge on any atom is -0.493 e. The second-order valence-corrected chi connectivity index (χ2v) is 5.83. The first-order valence-corrected chi connectivity index (χ1v) is 8.19. The number of aromatic nitrogens is 2. The highest BCUT2D eigenvalue weighted by molar-refractivity contribution is 5.89. The van der Waals surface area contributed by atoms with E-state index in [2.05, 4.69) is 27.5 Å². The molecule has 118 valence electrons. The second kappa shape index (κ2) is 7.40. The Morgan fingerprint density at radius 3 is 2.95 bits per heavy atom. The molecule has 0 radical (unpaired) electrons. The molecular formula is C17H24N4O. The third-order valence-corrected chi connectivity index (χ3v) is 4.09. The second-order valence-electron chi connectivity index (χ2n) is 5.83. The van der Waals surface area contributed by atoms with Gasteiger partial charge in [-0.2, -0.15) is 0 Å². The number of nitrogens with one attached hydrogen (secondary N) is 2. The van der Waals surface area contributed by atoms with Crippen molar-refractivity contribution in [1.29, 1.82) is 0 Å². The van der Waals surface area contributed by atoms with Crippen molar-refractivity contribution in [2.75, 3.05) is 31.6 Å². The molecule has 5 heteroatoms. The number of hydrogen-bond donors (Lipinski definition) is 2. The van der Waals surface area contributed by atoms with Crippen LogP contribution in [-0.2, 0) is 0 Å².